The molecule has 5 heteroatoms. The number of ether oxygens (including phenoxy) is 1. The number of rotatable bonds is 6. The lowest BCUT2D eigenvalue weighted by atomic mass is 10.2. The zero-order valence-electron chi connectivity index (χ0n) is 11.8. The van der Waals surface area contributed by atoms with Crippen molar-refractivity contribution in [2.45, 2.75) is 13.1 Å². The first-order chi connectivity index (χ1) is 10.8. The first-order valence-electron chi connectivity index (χ1n) is 6.90. The van der Waals surface area contributed by atoms with Gasteiger partial charge in [0.05, 0.1) is 5.69 Å². The van der Waals surface area contributed by atoms with Gasteiger partial charge in [-0.15, -0.1) is 0 Å². The van der Waals surface area contributed by atoms with Gasteiger partial charge in [0.1, 0.15) is 17.8 Å². The second-order valence-electron chi connectivity index (χ2n) is 4.75. The van der Waals surface area contributed by atoms with E-state index in [1.54, 1.807) is 6.26 Å². The summed E-state index contributed by atoms with van der Waals surface area (Å²) in [4.78, 5) is 4.05. The number of oxazole rings is 1. The third-order valence-electron chi connectivity index (χ3n) is 3.11. The summed E-state index contributed by atoms with van der Waals surface area (Å²) in [7, 11) is 0. The van der Waals surface area contributed by atoms with E-state index in [-0.39, 0.29) is 0 Å². The molecule has 1 N–H and O–H groups in total. The Morgan fingerprint density at radius 2 is 1.91 bits per heavy atom. The minimum absolute atomic E-state index is 0.634. The van der Waals surface area contributed by atoms with Crippen LogP contribution in [0.2, 0.25) is 5.02 Å². The molecule has 0 radical (unpaired) electrons. The number of benzene rings is 2. The molecule has 22 heavy (non-hydrogen) atoms. The summed E-state index contributed by atoms with van der Waals surface area (Å²) in [5, 5.41) is 3.93. The summed E-state index contributed by atoms with van der Waals surface area (Å²) in [6, 6.07) is 15.3. The molecular weight excluding hydrogens is 300 g/mol. The highest BCUT2D eigenvalue weighted by Crippen LogP contribution is 2.26. The van der Waals surface area contributed by atoms with E-state index in [1.165, 1.54) is 6.39 Å². The van der Waals surface area contributed by atoms with Crippen LogP contribution in [0.5, 0.6) is 11.5 Å². The van der Waals surface area contributed by atoms with E-state index in [4.69, 9.17) is 20.8 Å². The van der Waals surface area contributed by atoms with E-state index < -0.39 is 0 Å². The van der Waals surface area contributed by atoms with Crippen LogP contribution in [-0.4, -0.2) is 4.98 Å². The minimum atomic E-state index is 0.634. The van der Waals surface area contributed by atoms with Crippen molar-refractivity contribution < 1.29 is 9.15 Å². The summed E-state index contributed by atoms with van der Waals surface area (Å²) in [5.41, 5.74) is 1.87. The number of hydrogen-bond donors (Lipinski definition) is 1. The normalized spacial score (nSPS) is 10.6. The molecule has 3 aromatic rings. The Bertz CT molecular complexity index is 715. The fourth-order valence-corrected chi connectivity index (χ4v) is 2.25. The third-order valence-corrected chi connectivity index (χ3v) is 3.46. The molecule has 0 saturated heterocycles. The smallest absolute Gasteiger partial charge is 0.180 e. The third kappa shape index (κ3) is 3.87. The van der Waals surface area contributed by atoms with Crippen LogP contribution in [0.15, 0.2) is 65.6 Å². The predicted octanol–water partition coefficient (Wildman–Crippen LogP) is 4.41. The maximum absolute atomic E-state index is 6.30. The summed E-state index contributed by atoms with van der Waals surface area (Å²) in [5.74, 6) is 1.51. The van der Waals surface area contributed by atoms with Crippen molar-refractivity contribution in [1.82, 2.24) is 10.3 Å². The predicted molar refractivity (Wildman–Crippen MR) is 85.0 cm³/mol. The summed E-state index contributed by atoms with van der Waals surface area (Å²) in [6.07, 6.45) is 3.03. The number of hydrogen-bond acceptors (Lipinski definition) is 4. The van der Waals surface area contributed by atoms with Gasteiger partial charge in [-0.1, -0.05) is 35.9 Å². The number of para-hydroxylation sites is 1. The van der Waals surface area contributed by atoms with Crippen LogP contribution in [0, 0.1) is 0 Å². The van der Waals surface area contributed by atoms with Crippen molar-refractivity contribution in [1.29, 1.82) is 0 Å². The quantitative estimate of drug-likeness (QED) is 0.732. The fourth-order valence-electron chi connectivity index (χ4n) is 2.01. The molecule has 1 aromatic heterocycles. The molecule has 0 saturated carbocycles. The van der Waals surface area contributed by atoms with Crippen molar-refractivity contribution in [3.05, 3.63) is 77.5 Å². The van der Waals surface area contributed by atoms with Crippen LogP contribution < -0.4 is 10.1 Å². The molecule has 0 unspecified atom stereocenters. The van der Waals surface area contributed by atoms with Gasteiger partial charge in [-0.05, 0) is 29.8 Å². The topological polar surface area (TPSA) is 47.3 Å². The van der Waals surface area contributed by atoms with Crippen LogP contribution in [0.1, 0.15) is 11.3 Å². The largest absolute Gasteiger partial charge is 0.457 e. The number of aromatic nitrogens is 1. The van der Waals surface area contributed by atoms with Crippen LogP contribution >= 0.6 is 11.6 Å². The Labute approximate surface area is 133 Å². The van der Waals surface area contributed by atoms with Gasteiger partial charge in [-0.3, -0.25) is 0 Å². The molecule has 0 atom stereocenters. The Hall–Kier alpha value is -2.30. The van der Waals surface area contributed by atoms with Crippen LogP contribution in [0.4, 0.5) is 0 Å². The molecule has 0 fully saturated rings. The number of halogens is 1. The standard InChI is InChI=1S/C17H15ClN2O2/c18-17-8-16(22-15-4-2-1-3-5-15)7-6-13(17)9-19-10-14-11-21-12-20-14/h1-8,11-12,19H,9-10H2. The molecule has 0 bridgehead atoms. The number of nitrogens with zero attached hydrogens (tertiary/aromatic N) is 1. The van der Waals surface area contributed by atoms with Crippen molar-refractivity contribution in [3.63, 3.8) is 0 Å². The summed E-state index contributed by atoms with van der Waals surface area (Å²) >= 11 is 6.30. The lowest BCUT2D eigenvalue weighted by Gasteiger charge is -2.09. The fraction of sp³-hybridized carbons (Fsp3) is 0.118. The highest BCUT2D eigenvalue weighted by molar-refractivity contribution is 6.31. The summed E-state index contributed by atoms with van der Waals surface area (Å²) in [6.45, 7) is 1.28. The maximum Gasteiger partial charge on any atom is 0.180 e. The van der Waals surface area contributed by atoms with E-state index in [2.05, 4.69) is 10.3 Å². The first kappa shape index (κ1) is 14.6. The minimum Gasteiger partial charge on any atom is -0.457 e. The first-order valence-corrected chi connectivity index (χ1v) is 7.28. The molecule has 0 spiro atoms. The van der Waals surface area contributed by atoms with Crippen molar-refractivity contribution >= 4 is 11.6 Å². The Morgan fingerprint density at radius 3 is 2.64 bits per heavy atom. The van der Waals surface area contributed by atoms with Gasteiger partial charge in [0.2, 0.25) is 0 Å². The van der Waals surface area contributed by atoms with E-state index in [9.17, 15) is 0 Å². The summed E-state index contributed by atoms with van der Waals surface area (Å²) < 4.78 is 10.7. The van der Waals surface area contributed by atoms with Crippen molar-refractivity contribution in [3.8, 4) is 11.5 Å². The lowest BCUT2D eigenvalue weighted by Crippen LogP contribution is -2.13. The molecule has 1 heterocycles. The molecule has 3 rings (SSSR count). The van der Waals surface area contributed by atoms with Gasteiger partial charge >= 0.3 is 0 Å². The van der Waals surface area contributed by atoms with E-state index in [0.29, 0.717) is 18.1 Å². The SMILES string of the molecule is Clc1cc(Oc2ccccc2)ccc1CNCc1cocn1. The van der Waals surface area contributed by atoms with E-state index >= 15 is 0 Å². The van der Waals surface area contributed by atoms with Crippen LogP contribution in [-0.2, 0) is 13.1 Å². The van der Waals surface area contributed by atoms with Gasteiger partial charge in [0, 0.05) is 18.1 Å². The monoisotopic (exact) mass is 314 g/mol. The van der Waals surface area contributed by atoms with E-state index in [1.807, 2.05) is 48.5 Å². The van der Waals surface area contributed by atoms with E-state index in [0.717, 1.165) is 22.8 Å². The second kappa shape index (κ2) is 7.11. The Balaban J connectivity index is 1.59. The average molecular weight is 315 g/mol. The highest BCUT2D eigenvalue weighted by Gasteiger charge is 2.04. The number of nitrogens with one attached hydrogen (secondary N) is 1. The molecule has 0 amide bonds. The molecule has 0 aliphatic carbocycles. The van der Waals surface area contributed by atoms with Gasteiger partial charge in [0.25, 0.3) is 0 Å². The lowest BCUT2D eigenvalue weighted by molar-refractivity contribution is 0.482. The average Bonchev–Trinajstić information content (AvgIpc) is 3.04. The Kier molecular flexibility index (Phi) is 4.73. The highest BCUT2D eigenvalue weighted by atomic mass is 35.5. The van der Waals surface area contributed by atoms with Gasteiger partial charge in [-0.25, -0.2) is 4.98 Å². The van der Waals surface area contributed by atoms with Crippen molar-refractivity contribution in [2.75, 3.05) is 0 Å². The molecular formula is C17H15ClN2O2. The van der Waals surface area contributed by atoms with Gasteiger partial charge < -0.3 is 14.5 Å². The molecule has 0 aliphatic heterocycles. The van der Waals surface area contributed by atoms with Crippen LogP contribution in [0.3, 0.4) is 0 Å². The molecule has 0 aliphatic rings. The zero-order chi connectivity index (χ0) is 15.2. The molecule has 112 valence electrons. The molecule has 2 aromatic carbocycles. The second-order valence-corrected chi connectivity index (χ2v) is 5.16. The van der Waals surface area contributed by atoms with Gasteiger partial charge in [0.15, 0.2) is 6.39 Å². The zero-order valence-corrected chi connectivity index (χ0v) is 12.6. The van der Waals surface area contributed by atoms with Crippen LogP contribution in [0.25, 0.3) is 0 Å². The Morgan fingerprint density at radius 1 is 1.05 bits per heavy atom. The van der Waals surface area contributed by atoms with Crippen molar-refractivity contribution in [2.24, 2.45) is 0 Å². The molecule has 4 nitrogen and oxygen atoms in total. The van der Waals surface area contributed by atoms with Gasteiger partial charge in [-0.2, -0.15) is 0 Å². The maximum atomic E-state index is 6.30.